The lowest BCUT2D eigenvalue weighted by atomic mass is 9.98. The molecular formula is C15H24N2O. The van der Waals surface area contributed by atoms with Crippen LogP contribution in [0.25, 0.3) is 0 Å². The summed E-state index contributed by atoms with van der Waals surface area (Å²) in [5.41, 5.74) is 2.71. The van der Waals surface area contributed by atoms with Crippen molar-refractivity contribution in [2.24, 2.45) is 0 Å². The van der Waals surface area contributed by atoms with Crippen molar-refractivity contribution in [2.45, 2.75) is 38.8 Å². The van der Waals surface area contributed by atoms with E-state index in [1.54, 1.807) is 0 Å². The molecule has 0 spiro atoms. The summed E-state index contributed by atoms with van der Waals surface area (Å²) in [4.78, 5) is 2.42. The Kier molecular flexibility index (Phi) is 4.25. The SMILES string of the molecule is CC(C)c1ccccc1N1CC(CO)NCC1C. The van der Waals surface area contributed by atoms with Crippen molar-refractivity contribution in [2.75, 3.05) is 24.6 Å². The van der Waals surface area contributed by atoms with E-state index in [-0.39, 0.29) is 12.6 Å². The smallest absolute Gasteiger partial charge is 0.0601 e. The van der Waals surface area contributed by atoms with Crippen LogP contribution >= 0.6 is 0 Å². The van der Waals surface area contributed by atoms with Crippen molar-refractivity contribution in [3.05, 3.63) is 29.8 Å². The van der Waals surface area contributed by atoms with Gasteiger partial charge in [0, 0.05) is 30.9 Å². The van der Waals surface area contributed by atoms with Crippen molar-refractivity contribution in [1.82, 2.24) is 5.32 Å². The molecule has 1 fully saturated rings. The van der Waals surface area contributed by atoms with Gasteiger partial charge in [0.25, 0.3) is 0 Å². The van der Waals surface area contributed by atoms with Crippen LogP contribution in [0.15, 0.2) is 24.3 Å². The Morgan fingerprint density at radius 1 is 1.39 bits per heavy atom. The van der Waals surface area contributed by atoms with Gasteiger partial charge in [-0.1, -0.05) is 32.0 Å². The van der Waals surface area contributed by atoms with Crippen LogP contribution in [0.1, 0.15) is 32.3 Å². The van der Waals surface area contributed by atoms with Crippen LogP contribution in [0.4, 0.5) is 5.69 Å². The average Bonchev–Trinajstić information content (AvgIpc) is 2.39. The fourth-order valence-corrected chi connectivity index (χ4v) is 2.62. The molecule has 100 valence electrons. The average molecular weight is 248 g/mol. The Balaban J connectivity index is 2.28. The number of nitrogens with one attached hydrogen (secondary N) is 1. The van der Waals surface area contributed by atoms with E-state index in [1.165, 1.54) is 11.3 Å². The molecular weight excluding hydrogens is 224 g/mol. The number of piperazine rings is 1. The minimum atomic E-state index is 0.182. The summed E-state index contributed by atoms with van der Waals surface area (Å²) in [5.74, 6) is 0.524. The van der Waals surface area contributed by atoms with Crippen LogP contribution in [0.3, 0.4) is 0 Å². The largest absolute Gasteiger partial charge is 0.395 e. The van der Waals surface area contributed by atoms with Crippen molar-refractivity contribution >= 4 is 5.69 Å². The van der Waals surface area contributed by atoms with Crippen molar-refractivity contribution < 1.29 is 5.11 Å². The summed E-state index contributed by atoms with van der Waals surface area (Å²) < 4.78 is 0. The first-order chi connectivity index (χ1) is 8.63. The van der Waals surface area contributed by atoms with E-state index in [2.05, 4.69) is 55.3 Å². The van der Waals surface area contributed by atoms with Gasteiger partial charge in [-0.3, -0.25) is 0 Å². The molecule has 1 heterocycles. The molecule has 0 radical (unpaired) electrons. The fourth-order valence-electron chi connectivity index (χ4n) is 2.62. The normalized spacial score (nSPS) is 24.6. The van der Waals surface area contributed by atoms with Gasteiger partial charge in [0.15, 0.2) is 0 Å². The van der Waals surface area contributed by atoms with Gasteiger partial charge in [-0.25, -0.2) is 0 Å². The number of anilines is 1. The zero-order valence-corrected chi connectivity index (χ0v) is 11.6. The molecule has 1 aromatic carbocycles. The monoisotopic (exact) mass is 248 g/mol. The van der Waals surface area contributed by atoms with E-state index in [4.69, 9.17) is 0 Å². The molecule has 3 heteroatoms. The van der Waals surface area contributed by atoms with Crippen molar-refractivity contribution in [3.8, 4) is 0 Å². The molecule has 0 aromatic heterocycles. The summed E-state index contributed by atoms with van der Waals surface area (Å²) in [5, 5.41) is 12.7. The molecule has 0 saturated carbocycles. The van der Waals surface area contributed by atoms with Crippen LogP contribution in [0.2, 0.25) is 0 Å². The number of hydrogen-bond acceptors (Lipinski definition) is 3. The maximum atomic E-state index is 9.33. The van der Waals surface area contributed by atoms with Gasteiger partial charge in [-0.05, 0) is 24.5 Å². The zero-order valence-electron chi connectivity index (χ0n) is 11.6. The maximum Gasteiger partial charge on any atom is 0.0601 e. The van der Waals surface area contributed by atoms with Gasteiger partial charge in [-0.2, -0.15) is 0 Å². The number of aliphatic hydroxyl groups excluding tert-OH is 1. The number of para-hydroxylation sites is 1. The lowest BCUT2D eigenvalue weighted by Crippen LogP contribution is -2.57. The molecule has 1 aliphatic heterocycles. The third kappa shape index (κ3) is 2.68. The third-order valence-corrected chi connectivity index (χ3v) is 3.74. The lowest BCUT2D eigenvalue weighted by Gasteiger charge is -2.41. The second kappa shape index (κ2) is 5.72. The number of hydrogen-bond donors (Lipinski definition) is 2. The van der Waals surface area contributed by atoms with Crippen LogP contribution in [0.5, 0.6) is 0 Å². The highest BCUT2D eigenvalue weighted by molar-refractivity contribution is 5.56. The van der Waals surface area contributed by atoms with Crippen LogP contribution in [-0.2, 0) is 0 Å². The van der Waals surface area contributed by atoms with Gasteiger partial charge < -0.3 is 15.3 Å². The molecule has 18 heavy (non-hydrogen) atoms. The first-order valence-corrected chi connectivity index (χ1v) is 6.83. The van der Waals surface area contributed by atoms with E-state index >= 15 is 0 Å². The molecule has 0 bridgehead atoms. The highest BCUT2D eigenvalue weighted by Crippen LogP contribution is 2.29. The van der Waals surface area contributed by atoms with Crippen LogP contribution < -0.4 is 10.2 Å². The lowest BCUT2D eigenvalue weighted by molar-refractivity contribution is 0.227. The van der Waals surface area contributed by atoms with Crippen LogP contribution in [-0.4, -0.2) is 36.9 Å². The Labute approximate surface area is 110 Å². The van der Waals surface area contributed by atoms with Gasteiger partial charge >= 0.3 is 0 Å². The number of benzene rings is 1. The fraction of sp³-hybridized carbons (Fsp3) is 0.600. The molecule has 2 unspecified atom stereocenters. The molecule has 1 aliphatic rings. The molecule has 0 aliphatic carbocycles. The van der Waals surface area contributed by atoms with Crippen molar-refractivity contribution in [1.29, 1.82) is 0 Å². The summed E-state index contributed by atoms with van der Waals surface area (Å²) in [6, 6.07) is 9.27. The quantitative estimate of drug-likeness (QED) is 0.858. The number of nitrogens with zero attached hydrogens (tertiary/aromatic N) is 1. The predicted molar refractivity (Wildman–Crippen MR) is 76.2 cm³/mol. The Morgan fingerprint density at radius 3 is 2.78 bits per heavy atom. The van der Waals surface area contributed by atoms with Gasteiger partial charge in [-0.15, -0.1) is 0 Å². The first kappa shape index (κ1) is 13.4. The second-order valence-corrected chi connectivity index (χ2v) is 5.50. The Bertz CT molecular complexity index is 392. The molecule has 2 N–H and O–H groups in total. The summed E-state index contributed by atoms with van der Waals surface area (Å²) in [6.45, 7) is 8.70. The highest BCUT2D eigenvalue weighted by atomic mass is 16.3. The molecule has 0 amide bonds. The summed E-state index contributed by atoms with van der Waals surface area (Å²) in [7, 11) is 0. The van der Waals surface area contributed by atoms with Gasteiger partial charge in [0.1, 0.15) is 0 Å². The second-order valence-electron chi connectivity index (χ2n) is 5.50. The minimum absolute atomic E-state index is 0.182. The Hall–Kier alpha value is -1.06. The maximum absolute atomic E-state index is 9.33. The standard InChI is InChI=1S/C15H24N2O/c1-11(2)14-6-4-5-7-15(14)17-9-13(10-18)16-8-12(17)3/h4-7,11-13,16,18H,8-10H2,1-3H3. The summed E-state index contributed by atoms with van der Waals surface area (Å²) in [6.07, 6.45) is 0. The minimum Gasteiger partial charge on any atom is -0.395 e. The van der Waals surface area contributed by atoms with E-state index in [0.29, 0.717) is 12.0 Å². The van der Waals surface area contributed by atoms with Crippen LogP contribution in [0, 0.1) is 0 Å². The number of aliphatic hydroxyl groups is 1. The van der Waals surface area contributed by atoms with Gasteiger partial charge in [0.2, 0.25) is 0 Å². The Morgan fingerprint density at radius 2 is 2.11 bits per heavy atom. The first-order valence-electron chi connectivity index (χ1n) is 6.83. The highest BCUT2D eigenvalue weighted by Gasteiger charge is 2.26. The van der Waals surface area contributed by atoms with E-state index < -0.39 is 0 Å². The molecule has 3 nitrogen and oxygen atoms in total. The molecule has 2 rings (SSSR count). The number of rotatable bonds is 3. The van der Waals surface area contributed by atoms with E-state index in [0.717, 1.165) is 13.1 Å². The zero-order chi connectivity index (χ0) is 13.1. The van der Waals surface area contributed by atoms with E-state index in [1.807, 2.05) is 0 Å². The third-order valence-electron chi connectivity index (χ3n) is 3.74. The molecule has 2 atom stereocenters. The topological polar surface area (TPSA) is 35.5 Å². The summed E-state index contributed by atoms with van der Waals surface area (Å²) >= 11 is 0. The molecule has 1 aromatic rings. The van der Waals surface area contributed by atoms with Gasteiger partial charge in [0.05, 0.1) is 6.61 Å². The van der Waals surface area contributed by atoms with E-state index in [9.17, 15) is 5.11 Å². The van der Waals surface area contributed by atoms with Crippen molar-refractivity contribution in [3.63, 3.8) is 0 Å². The molecule has 1 saturated heterocycles. The predicted octanol–water partition coefficient (Wildman–Crippen LogP) is 1.97.